The number of rotatable bonds is 7. The molecule has 1 unspecified atom stereocenters. The molecule has 1 aliphatic heterocycles. The largest absolute Gasteiger partial charge is 0.350 e. The van der Waals surface area contributed by atoms with Gasteiger partial charge in [-0.2, -0.15) is 0 Å². The quantitative estimate of drug-likeness (QED) is 0.559. The highest BCUT2D eigenvalue weighted by Crippen LogP contribution is 2.30. The van der Waals surface area contributed by atoms with Crippen molar-refractivity contribution in [2.24, 2.45) is 5.92 Å². The summed E-state index contributed by atoms with van der Waals surface area (Å²) in [7, 11) is 0. The summed E-state index contributed by atoms with van der Waals surface area (Å²) < 4.78 is 0. The minimum absolute atomic E-state index is 0.00868. The summed E-state index contributed by atoms with van der Waals surface area (Å²) in [6.45, 7) is 7.11. The monoisotopic (exact) mass is 462 g/mol. The number of nitrogens with one attached hydrogen (secondary N) is 1. The molecular weight excluding hydrogens is 432 g/mol. The molecule has 6 nitrogen and oxygen atoms in total. The van der Waals surface area contributed by atoms with Crippen molar-refractivity contribution in [3.05, 3.63) is 71.1 Å². The lowest BCUT2D eigenvalue weighted by atomic mass is 9.90. The summed E-state index contributed by atoms with van der Waals surface area (Å²) >= 11 is 1.63. The van der Waals surface area contributed by atoms with Gasteiger partial charge in [0.05, 0.1) is 27.7 Å². The van der Waals surface area contributed by atoms with Crippen LogP contribution in [-0.2, 0) is 16.1 Å². The summed E-state index contributed by atoms with van der Waals surface area (Å²) in [6, 6.07) is 13.4. The number of thiazole rings is 1. The summed E-state index contributed by atoms with van der Waals surface area (Å²) in [4.78, 5) is 38.1. The zero-order valence-corrected chi connectivity index (χ0v) is 20.1. The van der Waals surface area contributed by atoms with E-state index in [1.807, 2.05) is 56.6 Å². The number of aryl methyl sites for hydroxylation is 1. The van der Waals surface area contributed by atoms with Gasteiger partial charge in [-0.3, -0.25) is 14.6 Å². The van der Waals surface area contributed by atoms with Crippen LogP contribution >= 0.6 is 11.3 Å². The van der Waals surface area contributed by atoms with E-state index in [0.717, 1.165) is 28.9 Å². The lowest BCUT2D eigenvalue weighted by Crippen LogP contribution is -2.48. The maximum absolute atomic E-state index is 13.5. The van der Waals surface area contributed by atoms with Crippen LogP contribution in [-0.4, -0.2) is 39.3 Å². The number of hydrogen-bond donors (Lipinski definition) is 1. The molecule has 2 aromatic heterocycles. The van der Waals surface area contributed by atoms with Crippen molar-refractivity contribution >= 4 is 23.2 Å². The second-order valence-electron chi connectivity index (χ2n) is 8.85. The van der Waals surface area contributed by atoms with Gasteiger partial charge in [-0.25, -0.2) is 4.98 Å². The summed E-state index contributed by atoms with van der Waals surface area (Å²) in [5.41, 5.74) is 5.80. The SMILES string of the molecule is Cc1ncsc1-c1ccc(CNC(=O)[C@@H]2CCCN2C(=O)C(c2ccccn2)C(C)C)cc1. The Bertz CT molecular complexity index is 1090. The summed E-state index contributed by atoms with van der Waals surface area (Å²) in [6.07, 6.45) is 3.24. The van der Waals surface area contributed by atoms with Gasteiger partial charge in [-0.1, -0.05) is 44.2 Å². The zero-order chi connectivity index (χ0) is 23.4. The van der Waals surface area contributed by atoms with Gasteiger partial charge in [-0.05, 0) is 48.9 Å². The number of hydrogen-bond acceptors (Lipinski definition) is 5. The third kappa shape index (κ3) is 5.14. The zero-order valence-electron chi connectivity index (χ0n) is 19.3. The fraction of sp³-hybridized carbons (Fsp3) is 0.385. The van der Waals surface area contributed by atoms with Crippen LogP contribution in [0.1, 0.15) is 49.6 Å². The van der Waals surface area contributed by atoms with E-state index in [4.69, 9.17) is 0 Å². The molecule has 2 amide bonds. The predicted octanol–water partition coefficient (Wildman–Crippen LogP) is 4.56. The topological polar surface area (TPSA) is 75.2 Å². The molecule has 172 valence electrons. The molecule has 1 aliphatic rings. The number of pyridine rings is 1. The normalized spacial score (nSPS) is 16.7. The molecule has 0 aliphatic carbocycles. The van der Waals surface area contributed by atoms with Crippen LogP contribution in [0, 0.1) is 12.8 Å². The van der Waals surface area contributed by atoms with Crippen molar-refractivity contribution in [1.29, 1.82) is 0 Å². The Hall–Kier alpha value is -3.06. The van der Waals surface area contributed by atoms with Crippen molar-refractivity contribution in [1.82, 2.24) is 20.2 Å². The number of nitrogens with zero attached hydrogens (tertiary/aromatic N) is 3. The minimum atomic E-state index is -0.429. The average molecular weight is 463 g/mol. The van der Waals surface area contributed by atoms with Crippen LogP contribution < -0.4 is 5.32 Å². The lowest BCUT2D eigenvalue weighted by Gasteiger charge is -2.29. The number of carbonyl (C=O) groups is 2. The van der Waals surface area contributed by atoms with E-state index in [1.54, 1.807) is 22.4 Å². The van der Waals surface area contributed by atoms with Crippen molar-refractivity contribution in [3.63, 3.8) is 0 Å². The molecule has 33 heavy (non-hydrogen) atoms. The third-order valence-corrected chi connectivity index (χ3v) is 7.18. The number of amides is 2. The number of likely N-dealkylation sites (tertiary alicyclic amines) is 1. The fourth-order valence-electron chi connectivity index (χ4n) is 4.45. The molecule has 0 bridgehead atoms. The van der Waals surface area contributed by atoms with Crippen LogP contribution in [0.25, 0.3) is 10.4 Å². The van der Waals surface area contributed by atoms with Crippen molar-refractivity contribution < 1.29 is 9.59 Å². The Morgan fingerprint density at radius 1 is 1.15 bits per heavy atom. The molecule has 0 saturated carbocycles. The molecule has 1 saturated heterocycles. The molecule has 3 heterocycles. The van der Waals surface area contributed by atoms with E-state index in [-0.39, 0.29) is 23.7 Å². The maximum atomic E-state index is 13.5. The first-order valence-corrected chi connectivity index (χ1v) is 12.3. The molecule has 0 spiro atoms. The van der Waals surface area contributed by atoms with Crippen LogP contribution in [0.2, 0.25) is 0 Å². The van der Waals surface area contributed by atoms with E-state index in [9.17, 15) is 9.59 Å². The van der Waals surface area contributed by atoms with Gasteiger partial charge in [0.15, 0.2) is 0 Å². The Morgan fingerprint density at radius 2 is 1.94 bits per heavy atom. The number of benzene rings is 1. The maximum Gasteiger partial charge on any atom is 0.243 e. The number of carbonyl (C=O) groups excluding carboxylic acids is 2. The molecule has 3 aromatic rings. The molecular formula is C26H30N4O2S. The summed E-state index contributed by atoms with van der Waals surface area (Å²) in [5, 5.41) is 3.04. The van der Waals surface area contributed by atoms with Gasteiger partial charge in [-0.15, -0.1) is 11.3 Å². The lowest BCUT2D eigenvalue weighted by molar-refractivity contribution is -0.140. The molecule has 7 heteroatoms. The van der Waals surface area contributed by atoms with Crippen LogP contribution in [0.15, 0.2) is 54.2 Å². The standard InChI is InChI=1S/C26H30N4O2S/c1-17(2)23(21-7-4-5-13-27-21)26(32)30-14-6-8-22(30)25(31)28-15-19-9-11-20(12-10-19)24-18(3)29-16-33-24/h4-5,7,9-13,16-17,22-23H,6,8,14-15H2,1-3H3,(H,28,31)/t22-,23?/m0/s1. The minimum Gasteiger partial charge on any atom is -0.350 e. The molecule has 1 N–H and O–H groups in total. The predicted molar refractivity (Wildman–Crippen MR) is 131 cm³/mol. The van der Waals surface area contributed by atoms with Gasteiger partial charge in [0.25, 0.3) is 0 Å². The Labute approximate surface area is 199 Å². The van der Waals surface area contributed by atoms with Gasteiger partial charge in [0.1, 0.15) is 6.04 Å². The average Bonchev–Trinajstić information content (AvgIpc) is 3.48. The van der Waals surface area contributed by atoms with E-state index in [2.05, 4.69) is 27.4 Å². The molecule has 1 aromatic carbocycles. The van der Waals surface area contributed by atoms with E-state index < -0.39 is 6.04 Å². The third-order valence-electron chi connectivity index (χ3n) is 6.21. The van der Waals surface area contributed by atoms with Gasteiger partial charge < -0.3 is 10.2 Å². The highest BCUT2D eigenvalue weighted by molar-refractivity contribution is 7.13. The Morgan fingerprint density at radius 3 is 2.58 bits per heavy atom. The highest BCUT2D eigenvalue weighted by Gasteiger charge is 2.38. The Balaban J connectivity index is 1.40. The van der Waals surface area contributed by atoms with Crippen molar-refractivity contribution in [2.75, 3.05) is 6.54 Å². The number of aromatic nitrogens is 2. The highest BCUT2D eigenvalue weighted by atomic mass is 32.1. The van der Waals surface area contributed by atoms with Crippen molar-refractivity contribution in [2.45, 2.75) is 52.1 Å². The Kier molecular flexibility index (Phi) is 7.18. The van der Waals surface area contributed by atoms with Crippen LogP contribution in [0.4, 0.5) is 0 Å². The van der Waals surface area contributed by atoms with Crippen LogP contribution in [0.3, 0.4) is 0 Å². The summed E-state index contributed by atoms with van der Waals surface area (Å²) in [5.74, 6) is -0.350. The smallest absolute Gasteiger partial charge is 0.243 e. The molecule has 4 rings (SSSR count). The second-order valence-corrected chi connectivity index (χ2v) is 9.70. The van der Waals surface area contributed by atoms with Gasteiger partial charge in [0, 0.05) is 19.3 Å². The molecule has 2 atom stereocenters. The first-order valence-electron chi connectivity index (χ1n) is 11.4. The molecule has 0 radical (unpaired) electrons. The fourth-order valence-corrected chi connectivity index (χ4v) is 5.27. The van der Waals surface area contributed by atoms with E-state index in [0.29, 0.717) is 19.5 Å². The van der Waals surface area contributed by atoms with E-state index >= 15 is 0 Å². The molecule has 1 fully saturated rings. The first kappa shape index (κ1) is 23.1. The second kappa shape index (κ2) is 10.3. The van der Waals surface area contributed by atoms with Gasteiger partial charge >= 0.3 is 0 Å². The van der Waals surface area contributed by atoms with Crippen LogP contribution in [0.5, 0.6) is 0 Å². The van der Waals surface area contributed by atoms with E-state index in [1.165, 1.54) is 4.88 Å². The van der Waals surface area contributed by atoms with Gasteiger partial charge in [0.2, 0.25) is 11.8 Å². The van der Waals surface area contributed by atoms with Crippen molar-refractivity contribution in [3.8, 4) is 10.4 Å². The first-order chi connectivity index (χ1) is 16.0.